The molecular formula is C16H12ClNO6S2. The summed E-state index contributed by atoms with van der Waals surface area (Å²) in [6, 6.07) is 8.44. The number of carbonyl (C=O) groups excluding carboxylic acids is 1. The van der Waals surface area contributed by atoms with Gasteiger partial charge in [-0.2, -0.15) is 0 Å². The molecule has 0 spiro atoms. The van der Waals surface area contributed by atoms with E-state index in [1.165, 1.54) is 24.3 Å². The number of hydrogen-bond donors (Lipinski definition) is 1. The molecule has 0 aliphatic carbocycles. The number of rotatable bonds is 7. The van der Waals surface area contributed by atoms with Gasteiger partial charge in [0.2, 0.25) is 0 Å². The van der Waals surface area contributed by atoms with Gasteiger partial charge >= 0.3 is 11.9 Å². The Morgan fingerprint density at radius 3 is 2.50 bits per heavy atom. The molecule has 0 unspecified atom stereocenters. The lowest BCUT2D eigenvalue weighted by Gasteiger charge is -2.09. The SMILES string of the molecule is CCOC(=O)c1ccc(Sc2ccc(SCl)cc2C(=O)O)c([N+](=O)[O-])c1. The zero-order valence-electron chi connectivity index (χ0n) is 13.3. The highest BCUT2D eigenvalue weighted by atomic mass is 35.7. The molecule has 0 radical (unpaired) electrons. The number of carboxylic acids is 1. The monoisotopic (exact) mass is 413 g/mol. The van der Waals surface area contributed by atoms with Gasteiger partial charge in [-0.3, -0.25) is 10.1 Å². The van der Waals surface area contributed by atoms with E-state index in [4.69, 9.17) is 15.4 Å². The van der Waals surface area contributed by atoms with Crippen LogP contribution in [-0.2, 0) is 4.74 Å². The minimum Gasteiger partial charge on any atom is -0.478 e. The number of nitrogens with zero attached hydrogens (tertiary/aromatic N) is 1. The van der Waals surface area contributed by atoms with Crippen LogP contribution in [0.15, 0.2) is 51.1 Å². The average molecular weight is 414 g/mol. The molecule has 10 heteroatoms. The first-order valence-electron chi connectivity index (χ1n) is 7.16. The van der Waals surface area contributed by atoms with Crippen LogP contribution in [0.2, 0.25) is 0 Å². The molecule has 7 nitrogen and oxygen atoms in total. The number of nitro benzene ring substituents is 1. The van der Waals surface area contributed by atoms with Crippen molar-refractivity contribution >= 4 is 51.0 Å². The fourth-order valence-electron chi connectivity index (χ4n) is 2.02. The maximum atomic E-state index is 11.8. The summed E-state index contributed by atoms with van der Waals surface area (Å²) in [5.74, 6) is -1.84. The van der Waals surface area contributed by atoms with Gasteiger partial charge in [-0.05, 0) is 58.9 Å². The van der Waals surface area contributed by atoms with Crippen LogP contribution in [0, 0.1) is 10.1 Å². The number of halogens is 1. The van der Waals surface area contributed by atoms with Gasteiger partial charge < -0.3 is 9.84 Å². The maximum Gasteiger partial charge on any atom is 0.338 e. The van der Waals surface area contributed by atoms with Crippen LogP contribution in [0.3, 0.4) is 0 Å². The third-order valence-corrected chi connectivity index (χ3v) is 5.26. The second-order valence-corrected chi connectivity index (χ2v) is 6.97. The Kier molecular flexibility index (Phi) is 6.90. The van der Waals surface area contributed by atoms with Gasteiger partial charge in [-0.15, -0.1) is 0 Å². The minimum absolute atomic E-state index is 0.0237. The van der Waals surface area contributed by atoms with Crippen molar-refractivity contribution < 1.29 is 24.4 Å². The molecule has 2 aromatic rings. The Labute approximate surface area is 161 Å². The van der Waals surface area contributed by atoms with Crippen LogP contribution in [0.5, 0.6) is 0 Å². The summed E-state index contributed by atoms with van der Waals surface area (Å²) in [5, 5.41) is 20.7. The van der Waals surface area contributed by atoms with Crippen molar-refractivity contribution in [1.29, 1.82) is 0 Å². The first kappa shape index (κ1) is 20.1. The molecule has 0 aliphatic rings. The molecule has 0 fully saturated rings. The number of aromatic carboxylic acids is 1. The summed E-state index contributed by atoms with van der Waals surface area (Å²) in [6.07, 6.45) is 0. The van der Waals surface area contributed by atoms with Crippen molar-refractivity contribution in [2.75, 3.05) is 6.61 Å². The van der Waals surface area contributed by atoms with Gasteiger partial charge in [0.15, 0.2) is 0 Å². The van der Waals surface area contributed by atoms with E-state index < -0.39 is 16.9 Å². The van der Waals surface area contributed by atoms with Gasteiger partial charge in [0.25, 0.3) is 5.69 Å². The molecule has 0 aromatic heterocycles. The van der Waals surface area contributed by atoms with Gasteiger partial charge in [-0.1, -0.05) is 11.8 Å². The van der Waals surface area contributed by atoms with Crippen LogP contribution in [0.25, 0.3) is 0 Å². The van der Waals surface area contributed by atoms with Gasteiger partial charge in [0.1, 0.15) is 0 Å². The summed E-state index contributed by atoms with van der Waals surface area (Å²) in [7, 11) is 6.51. The van der Waals surface area contributed by atoms with E-state index in [-0.39, 0.29) is 28.3 Å². The lowest BCUT2D eigenvalue weighted by atomic mass is 10.2. The van der Waals surface area contributed by atoms with Crippen molar-refractivity contribution in [1.82, 2.24) is 0 Å². The quantitative estimate of drug-likeness (QED) is 0.389. The first-order valence-corrected chi connectivity index (χ1v) is 9.62. The molecular weight excluding hydrogens is 402 g/mol. The molecule has 26 heavy (non-hydrogen) atoms. The highest BCUT2D eigenvalue weighted by Crippen LogP contribution is 2.38. The highest BCUT2D eigenvalue weighted by Gasteiger charge is 2.21. The summed E-state index contributed by atoms with van der Waals surface area (Å²) in [4.78, 5) is 35.0. The number of benzene rings is 2. The fourth-order valence-corrected chi connectivity index (χ4v) is 3.59. The Bertz CT molecular complexity index is 874. The smallest absolute Gasteiger partial charge is 0.338 e. The molecule has 1 N–H and O–H groups in total. The standard InChI is InChI=1S/C16H12ClNO6S2/c1-2-24-16(21)9-3-5-14(12(7-9)18(22)23)25-13-6-4-10(26-17)8-11(13)15(19)20/h3-8H,2H2,1H3,(H,19,20). The molecule has 0 aliphatic heterocycles. The summed E-state index contributed by atoms with van der Waals surface area (Å²) >= 11 is 0.924. The lowest BCUT2D eigenvalue weighted by Crippen LogP contribution is -2.05. The Hall–Kier alpha value is -2.23. The average Bonchev–Trinajstić information content (AvgIpc) is 2.62. The fraction of sp³-hybridized carbons (Fsp3) is 0.125. The molecule has 2 aromatic carbocycles. The molecule has 136 valence electrons. The van der Waals surface area contributed by atoms with Crippen LogP contribution in [-0.4, -0.2) is 28.6 Å². The Morgan fingerprint density at radius 2 is 1.92 bits per heavy atom. The largest absolute Gasteiger partial charge is 0.478 e. The van der Waals surface area contributed by atoms with Gasteiger partial charge in [0.05, 0.1) is 27.6 Å². The van der Waals surface area contributed by atoms with Crippen molar-refractivity contribution in [3.63, 3.8) is 0 Å². The van der Waals surface area contributed by atoms with Crippen LogP contribution in [0.4, 0.5) is 5.69 Å². The third kappa shape index (κ3) is 4.69. The number of esters is 1. The molecule has 0 amide bonds. The predicted molar refractivity (Wildman–Crippen MR) is 98.3 cm³/mol. The zero-order valence-corrected chi connectivity index (χ0v) is 15.7. The van der Waals surface area contributed by atoms with Crippen LogP contribution in [0.1, 0.15) is 27.6 Å². The van der Waals surface area contributed by atoms with Gasteiger partial charge in [0, 0.05) is 15.9 Å². The normalized spacial score (nSPS) is 10.4. The second kappa shape index (κ2) is 8.93. The molecule has 0 atom stereocenters. The van der Waals surface area contributed by atoms with E-state index in [9.17, 15) is 24.8 Å². The molecule has 0 saturated heterocycles. The van der Waals surface area contributed by atoms with Gasteiger partial charge in [-0.25, -0.2) is 9.59 Å². The number of carbonyl (C=O) groups is 2. The summed E-state index contributed by atoms with van der Waals surface area (Å²) in [6.45, 7) is 1.78. The van der Waals surface area contributed by atoms with Crippen molar-refractivity contribution in [2.45, 2.75) is 21.6 Å². The second-order valence-electron chi connectivity index (χ2n) is 4.80. The van der Waals surface area contributed by atoms with Crippen LogP contribution < -0.4 is 0 Å². The Balaban J connectivity index is 2.45. The third-order valence-electron chi connectivity index (χ3n) is 3.16. The van der Waals surface area contributed by atoms with E-state index in [1.54, 1.807) is 13.0 Å². The van der Waals surface area contributed by atoms with E-state index in [0.29, 0.717) is 9.79 Å². The number of ether oxygens (including phenoxy) is 1. The van der Waals surface area contributed by atoms with E-state index in [0.717, 1.165) is 28.8 Å². The van der Waals surface area contributed by atoms with Crippen molar-refractivity contribution in [3.8, 4) is 0 Å². The molecule has 2 rings (SSSR count). The maximum absolute atomic E-state index is 11.8. The number of nitro groups is 1. The van der Waals surface area contributed by atoms with Crippen molar-refractivity contribution in [3.05, 3.63) is 57.6 Å². The molecule has 0 heterocycles. The summed E-state index contributed by atoms with van der Waals surface area (Å²) < 4.78 is 4.84. The minimum atomic E-state index is -1.18. The van der Waals surface area contributed by atoms with E-state index in [1.807, 2.05) is 0 Å². The van der Waals surface area contributed by atoms with E-state index in [2.05, 4.69) is 0 Å². The topological polar surface area (TPSA) is 107 Å². The molecule has 0 saturated carbocycles. The number of carboxylic acid groups (broad SMARTS) is 1. The lowest BCUT2D eigenvalue weighted by molar-refractivity contribution is -0.387. The van der Waals surface area contributed by atoms with Crippen LogP contribution >= 0.6 is 33.4 Å². The van der Waals surface area contributed by atoms with E-state index >= 15 is 0 Å². The summed E-state index contributed by atoms with van der Waals surface area (Å²) in [5.41, 5.74) is -0.285. The van der Waals surface area contributed by atoms with Crippen molar-refractivity contribution in [2.24, 2.45) is 0 Å². The zero-order chi connectivity index (χ0) is 19.3. The first-order chi connectivity index (χ1) is 12.4. The highest BCUT2D eigenvalue weighted by molar-refractivity contribution is 8.21. The number of hydrogen-bond acceptors (Lipinski definition) is 7. The predicted octanol–water partition coefficient (Wildman–Crippen LogP) is 4.87. The molecule has 0 bridgehead atoms. The Morgan fingerprint density at radius 1 is 1.23 bits per heavy atom.